The molecule has 1 heterocycles. The largest absolute Gasteiger partial charge is 0.368 e. The quantitative estimate of drug-likeness (QED) is 0.865. The van der Waals surface area contributed by atoms with Crippen LogP contribution in [-0.4, -0.2) is 25.0 Å². The van der Waals surface area contributed by atoms with Crippen LogP contribution in [0.5, 0.6) is 0 Å². The maximum Gasteiger partial charge on any atom is 0.221 e. The van der Waals surface area contributed by atoms with Crippen LogP contribution >= 0.6 is 0 Å². The van der Waals surface area contributed by atoms with Crippen molar-refractivity contribution in [3.63, 3.8) is 0 Å². The summed E-state index contributed by atoms with van der Waals surface area (Å²) in [7, 11) is 0. The van der Waals surface area contributed by atoms with Gasteiger partial charge in [0.2, 0.25) is 5.91 Å². The number of hydrogen-bond acceptors (Lipinski definition) is 2. The van der Waals surface area contributed by atoms with Crippen molar-refractivity contribution in [3.8, 4) is 0 Å². The maximum atomic E-state index is 11.9. The van der Waals surface area contributed by atoms with E-state index in [4.69, 9.17) is 0 Å². The first-order valence-corrected chi connectivity index (χ1v) is 7.69. The molecule has 1 aromatic carbocycles. The average molecular weight is 274 g/mol. The zero-order chi connectivity index (χ0) is 14.5. The molecule has 1 N–H and O–H groups in total. The summed E-state index contributed by atoms with van der Waals surface area (Å²) in [6.07, 6.45) is 2.72. The Hall–Kier alpha value is -1.51. The lowest BCUT2D eigenvalue weighted by atomic mass is 10.1. The van der Waals surface area contributed by atoms with Crippen LogP contribution in [0.4, 0.5) is 5.69 Å². The zero-order valence-electron chi connectivity index (χ0n) is 12.9. The van der Waals surface area contributed by atoms with Crippen molar-refractivity contribution >= 4 is 11.6 Å². The molecule has 0 aromatic heterocycles. The van der Waals surface area contributed by atoms with Gasteiger partial charge in [-0.1, -0.05) is 32.0 Å². The molecule has 0 spiro atoms. The molecular formula is C17H26N2O. The van der Waals surface area contributed by atoms with Crippen LogP contribution in [0.1, 0.15) is 39.2 Å². The maximum absolute atomic E-state index is 11.9. The predicted molar refractivity (Wildman–Crippen MR) is 84.0 cm³/mol. The number of nitrogens with one attached hydrogen (secondary N) is 1. The zero-order valence-corrected chi connectivity index (χ0v) is 12.9. The van der Waals surface area contributed by atoms with Crippen LogP contribution in [0.2, 0.25) is 0 Å². The smallest absolute Gasteiger partial charge is 0.221 e. The fourth-order valence-electron chi connectivity index (χ4n) is 2.78. The molecule has 1 unspecified atom stereocenters. The van der Waals surface area contributed by atoms with E-state index in [1.165, 1.54) is 11.3 Å². The summed E-state index contributed by atoms with van der Waals surface area (Å²) in [5, 5.41) is 3.01. The second-order valence-corrected chi connectivity index (χ2v) is 6.16. The summed E-state index contributed by atoms with van der Waals surface area (Å²) in [6, 6.07) is 9.01. The van der Waals surface area contributed by atoms with Gasteiger partial charge in [0.15, 0.2) is 0 Å². The molecular weight excluding hydrogens is 248 g/mol. The van der Waals surface area contributed by atoms with Crippen LogP contribution < -0.4 is 10.2 Å². The summed E-state index contributed by atoms with van der Waals surface area (Å²) in [6.45, 7) is 8.19. The highest BCUT2D eigenvalue weighted by atomic mass is 16.1. The Morgan fingerprint density at radius 3 is 2.90 bits per heavy atom. The number of amides is 1. The van der Waals surface area contributed by atoms with Gasteiger partial charge in [-0.25, -0.2) is 0 Å². The molecule has 1 aliphatic rings. The highest BCUT2D eigenvalue weighted by molar-refractivity contribution is 5.76. The number of fused-ring (bicyclic) bond motifs is 1. The molecule has 0 saturated heterocycles. The topological polar surface area (TPSA) is 32.3 Å². The Morgan fingerprint density at radius 2 is 2.15 bits per heavy atom. The molecule has 20 heavy (non-hydrogen) atoms. The third-order valence-electron chi connectivity index (χ3n) is 3.97. The predicted octanol–water partition coefficient (Wildman–Crippen LogP) is 2.99. The first-order chi connectivity index (χ1) is 9.58. The van der Waals surface area contributed by atoms with Gasteiger partial charge in [0.1, 0.15) is 0 Å². The number of rotatable bonds is 6. The number of para-hydroxylation sites is 1. The van der Waals surface area contributed by atoms with E-state index in [0.29, 0.717) is 18.4 Å². The number of carbonyl (C=O) groups is 1. The highest BCUT2D eigenvalue weighted by Gasteiger charge is 2.25. The SMILES string of the molecule is CC(C)CCNC(=O)CCN1c2ccccc2CC1C. The third kappa shape index (κ3) is 3.75. The standard InChI is InChI=1S/C17H26N2O/c1-13(2)8-10-18-17(20)9-11-19-14(3)12-15-6-4-5-7-16(15)19/h4-7,13-14H,8-12H2,1-3H3,(H,18,20). The second-order valence-electron chi connectivity index (χ2n) is 6.16. The van der Waals surface area contributed by atoms with Crippen molar-refractivity contribution < 1.29 is 4.79 Å². The van der Waals surface area contributed by atoms with E-state index in [1.54, 1.807) is 0 Å². The van der Waals surface area contributed by atoms with Gasteiger partial charge in [0.05, 0.1) is 0 Å². The summed E-state index contributed by atoms with van der Waals surface area (Å²) >= 11 is 0. The van der Waals surface area contributed by atoms with Crippen LogP contribution in [0.3, 0.4) is 0 Å². The molecule has 1 aliphatic heterocycles. The fourth-order valence-corrected chi connectivity index (χ4v) is 2.78. The Labute approximate surface area is 122 Å². The monoisotopic (exact) mass is 274 g/mol. The highest BCUT2D eigenvalue weighted by Crippen LogP contribution is 2.31. The van der Waals surface area contributed by atoms with E-state index < -0.39 is 0 Å². The first-order valence-electron chi connectivity index (χ1n) is 7.69. The number of hydrogen-bond donors (Lipinski definition) is 1. The van der Waals surface area contributed by atoms with E-state index in [1.807, 2.05) is 0 Å². The van der Waals surface area contributed by atoms with Crippen molar-refractivity contribution in [1.82, 2.24) is 5.32 Å². The van der Waals surface area contributed by atoms with Crippen molar-refractivity contribution in [1.29, 1.82) is 0 Å². The van der Waals surface area contributed by atoms with E-state index in [9.17, 15) is 4.79 Å². The summed E-state index contributed by atoms with van der Waals surface area (Å²) in [4.78, 5) is 14.2. The van der Waals surface area contributed by atoms with Crippen LogP contribution in [0.25, 0.3) is 0 Å². The van der Waals surface area contributed by atoms with E-state index in [2.05, 4.69) is 55.3 Å². The first kappa shape index (κ1) is 14.9. The van der Waals surface area contributed by atoms with Gasteiger partial charge in [0, 0.05) is 31.2 Å². The minimum atomic E-state index is 0.169. The summed E-state index contributed by atoms with van der Waals surface area (Å²) in [5.41, 5.74) is 2.70. The van der Waals surface area contributed by atoms with Crippen LogP contribution in [0, 0.1) is 5.92 Å². The van der Waals surface area contributed by atoms with Crippen molar-refractivity contribution in [2.45, 2.75) is 46.1 Å². The second kappa shape index (κ2) is 6.78. The lowest BCUT2D eigenvalue weighted by molar-refractivity contribution is -0.120. The summed E-state index contributed by atoms with van der Waals surface area (Å²) in [5.74, 6) is 0.808. The molecule has 3 heteroatoms. The van der Waals surface area contributed by atoms with Gasteiger partial charge in [0.25, 0.3) is 0 Å². The Balaban J connectivity index is 1.81. The Bertz CT molecular complexity index is 456. The molecule has 0 fully saturated rings. The van der Waals surface area contributed by atoms with Crippen LogP contribution in [-0.2, 0) is 11.2 Å². The van der Waals surface area contributed by atoms with Gasteiger partial charge < -0.3 is 10.2 Å². The van der Waals surface area contributed by atoms with E-state index in [-0.39, 0.29) is 5.91 Å². The molecule has 1 atom stereocenters. The van der Waals surface area contributed by atoms with Crippen LogP contribution in [0.15, 0.2) is 24.3 Å². The molecule has 3 nitrogen and oxygen atoms in total. The molecule has 110 valence electrons. The molecule has 1 aromatic rings. The van der Waals surface area contributed by atoms with Crippen molar-refractivity contribution in [2.24, 2.45) is 5.92 Å². The van der Waals surface area contributed by atoms with E-state index >= 15 is 0 Å². The summed E-state index contributed by atoms with van der Waals surface area (Å²) < 4.78 is 0. The van der Waals surface area contributed by atoms with Crippen molar-refractivity contribution in [3.05, 3.63) is 29.8 Å². The van der Waals surface area contributed by atoms with Gasteiger partial charge in [-0.2, -0.15) is 0 Å². The normalized spacial score (nSPS) is 17.4. The minimum Gasteiger partial charge on any atom is -0.368 e. The third-order valence-corrected chi connectivity index (χ3v) is 3.97. The van der Waals surface area contributed by atoms with Gasteiger partial charge in [-0.15, -0.1) is 0 Å². The lowest BCUT2D eigenvalue weighted by Crippen LogP contribution is -2.34. The van der Waals surface area contributed by atoms with E-state index in [0.717, 1.165) is 25.9 Å². The Morgan fingerprint density at radius 1 is 1.40 bits per heavy atom. The number of benzene rings is 1. The molecule has 0 saturated carbocycles. The van der Waals surface area contributed by atoms with Gasteiger partial charge in [-0.05, 0) is 37.3 Å². The lowest BCUT2D eigenvalue weighted by Gasteiger charge is -2.24. The fraction of sp³-hybridized carbons (Fsp3) is 0.588. The number of carbonyl (C=O) groups excluding carboxylic acids is 1. The Kier molecular flexibility index (Phi) is 5.05. The molecule has 1 amide bonds. The molecule has 2 rings (SSSR count). The molecule has 0 aliphatic carbocycles. The number of anilines is 1. The van der Waals surface area contributed by atoms with Gasteiger partial charge >= 0.3 is 0 Å². The minimum absolute atomic E-state index is 0.169. The number of nitrogens with zero attached hydrogens (tertiary/aromatic N) is 1. The molecule has 0 radical (unpaired) electrons. The van der Waals surface area contributed by atoms with Crippen molar-refractivity contribution in [2.75, 3.05) is 18.0 Å². The molecule has 0 bridgehead atoms. The average Bonchev–Trinajstić information content (AvgIpc) is 2.71. The van der Waals surface area contributed by atoms with Gasteiger partial charge in [-0.3, -0.25) is 4.79 Å².